The lowest BCUT2D eigenvalue weighted by molar-refractivity contribution is 0.0977. The van der Waals surface area contributed by atoms with Crippen molar-refractivity contribution in [2.24, 2.45) is 0 Å². The number of unbranched alkanes of at least 4 members (excludes halogenated alkanes) is 6. The molecule has 2 aromatic rings. The van der Waals surface area contributed by atoms with Gasteiger partial charge in [-0.05, 0) is 61.9 Å². The molecule has 0 bridgehead atoms. The smallest absolute Gasteiger partial charge is 0.162 e. The summed E-state index contributed by atoms with van der Waals surface area (Å²) in [4.78, 5) is 23.6. The van der Waals surface area contributed by atoms with E-state index in [4.69, 9.17) is 4.74 Å². The molecule has 0 saturated heterocycles. The van der Waals surface area contributed by atoms with Crippen LogP contribution < -0.4 is 4.74 Å². The van der Waals surface area contributed by atoms with Gasteiger partial charge in [-0.1, -0.05) is 45.4 Å². The zero-order valence-corrected chi connectivity index (χ0v) is 16.5. The van der Waals surface area contributed by atoms with Crippen LogP contribution in [0, 0.1) is 0 Å². The van der Waals surface area contributed by atoms with Gasteiger partial charge in [0, 0.05) is 17.5 Å². The van der Waals surface area contributed by atoms with Gasteiger partial charge in [-0.15, -0.1) is 0 Å². The lowest BCUT2D eigenvalue weighted by Gasteiger charge is -2.07. The Kier molecular flexibility index (Phi) is 8.76. The van der Waals surface area contributed by atoms with Crippen molar-refractivity contribution < 1.29 is 14.3 Å². The lowest BCUT2D eigenvalue weighted by atomic mass is 10.0. The van der Waals surface area contributed by atoms with Crippen molar-refractivity contribution in [2.45, 2.75) is 65.2 Å². The lowest BCUT2D eigenvalue weighted by Crippen LogP contribution is -1.99. The Morgan fingerprint density at radius 1 is 0.704 bits per heavy atom. The zero-order chi connectivity index (χ0) is 19.5. The van der Waals surface area contributed by atoms with Gasteiger partial charge in [0.25, 0.3) is 0 Å². The van der Waals surface area contributed by atoms with E-state index in [9.17, 15) is 9.59 Å². The number of benzene rings is 2. The average Bonchev–Trinajstić information content (AvgIpc) is 2.68. The average molecular weight is 367 g/mol. The van der Waals surface area contributed by atoms with Crippen molar-refractivity contribution in [3.63, 3.8) is 0 Å². The number of carbonyl (C=O) groups is 2. The minimum atomic E-state index is 0.0328. The van der Waals surface area contributed by atoms with E-state index in [-0.39, 0.29) is 11.6 Å². The van der Waals surface area contributed by atoms with Crippen LogP contribution in [0.25, 0.3) is 0 Å². The van der Waals surface area contributed by atoms with Gasteiger partial charge in [0.2, 0.25) is 0 Å². The van der Waals surface area contributed by atoms with E-state index < -0.39 is 0 Å². The maximum absolute atomic E-state index is 12.3. The maximum Gasteiger partial charge on any atom is 0.162 e. The standard InChI is InChI=1S/C24H30O3/c1-3-4-5-6-7-8-9-10-24(26)21-13-17-23(18-14-21)27-22-15-11-20(12-16-22)19(2)25/h11-18H,3-10H2,1-2H3. The van der Waals surface area contributed by atoms with Gasteiger partial charge in [-0.3, -0.25) is 9.59 Å². The van der Waals surface area contributed by atoms with E-state index in [1.807, 2.05) is 24.3 Å². The molecule has 0 fully saturated rings. The molecule has 144 valence electrons. The molecule has 27 heavy (non-hydrogen) atoms. The van der Waals surface area contributed by atoms with Crippen molar-refractivity contribution in [1.29, 1.82) is 0 Å². The summed E-state index contributed by atoms with van der Waals surface area (Å²) in [5.41, 5.74) is 1.40. The minimum Gasteiger partial charge on any atom is -0.457 e. The monoisotopic (exact) mass is 366 g/mol. The zero-order valence-electron chi connectivity index (χ0n) is 16.5. The van der Waals surface area contributed by atoms with Crippen molar-refractivity contribution in [2.75, 3.05) is 0 Å². The molecule has 0 N–H and O–H groups in total. The summed E-state index contributed by atoms with van der Waals surface area (Å²) in [6.45, 7) is 3.76. The minimum absolute atomic E-state index is 0.0328. The Labute approximate surface area is 162 Å². The molecule has 0 atom stereocenters. The van der Waals surface area contributed by atoms with Gasteiger partial charge in [0.05, 0.1) is 0 Å². The summed E-state index contributed by atoms with van der Waals surface area (Å²) < 4.78 is 5.77. The molecular formula is C24H30O3. The molecule has 3 heteroatoms. The first-order valence-corrected chi connectivity index (χ1v) is 10.0. The summed E-state index contributed by atoms with van der Waals surface area (Å²) in [7, 11) is 0. The fourth-order valence-corrected chi connectivity index (χ4v) is 2.99. The molecule has 3 nitrogen and oxygen atoms in total. The van der Waals surface area contributed by atoms with E-state index in [1.54, 1.807) is 24.3 Å². The number of carbonyl (C=O) groups excluding carboxylic acids is 2. The molecule has 2 rings (SSSR count). The molecule has 0 radical (unpaired) electrons. The van der Waals surface area contributed by atoms with E-state index in [2.05, 4.69) is 6.92 Å². The number of ketones is 2. The van der Waals surface area contributed by atoms with Gasteiger partial charge in [0.1, 0.15) is 11.5 Å². The predicted octanol–water partition coefficient (Wildman–Crippen LogP) is 7.00. The van der Waals surface area contributed by atoms with Crippen LogP contribution in [-0.2, 0) is 0 Å². The van der Waals surface area contributed by atoms with Crippen LogP contribution in [-0.4, -0.2) is 11.6 Å². The highest BCUT2D eigenvalue weighted by atomic mass is 16.5. The SMILES string of the molecule is CCCCCCCCCC(=O)c1ccc(Oc2ccc(C(C)=O)cc2)cc1. The molecule has 0 aliphatic rings. The predicted molar refractivity (Wildman–Crippen MR) is 110 cm³/mol. The first-order chi connectivity index (χ1) is 13.1. The topological polar surface area (TPSA) is 43.4 Å². The van der Waals surface area contributed by atoms with Gasteiger partial charge < -0.3 is 4.74 Å². The fourth-order valence-electron chi connectivity index (χ4n) is 2.99. The Morgan fingerprint density at radius 3 is 1.70 bits per heavy atom. The third-order valence-corrected chi connectivity index (χ3v) is 4.68. The summed E-state index contributed by atoms with van der Waals surface area (Å²) in [5.74, 6) is 1.58. The number of ether oxygens (including phenoxy) is 1. The van der Waals surface area contributed by atoms with Crippen molar-refractivity contribution in [3.8, 4) is 11.5 Å². The van der Waals surface area contributed by atoms with Gasteiger partial charge in [-0.25, -0.2) is 0 Å². The highest BCUT2D eigenvalue weighted by molar-refractivity contribution is 5.96. The molecule has 2 aromatic carbocycles. The van der Waals surface area contributed by atoms with E-state index in [1.165, 1.54) is 39.0 Å². The Morgan fingerprint density at radius 2 is 1.19 bits per heavy atom. The van der Waals surface area contributed by atoms with Crippen LogP contribution in [0.2, 0.25) is 0 Å². The third kappa shape index (κ3) is 7.38. The first kappa shape index (κ1) is 20.9. The molecule has 0 aliphatic heterocycles. The third-order valence-electron chi connectivity index (χ3n) is 4.68. The summed E-state index contributed by atoms with van der Waals surface area (Å²) >= 11 is 0. The number of hydrogen-bond donors (Lipinski definition) is 0. The summed E-state index contributed by atoms with van der Waals surface area (Å²) in [6, 6.07) is 14.3. The molecule has 0 aliphatic carbocycles. The number of hydrogen-bond acceptors (Lipinski definition) is 3. The maximum atomic E-state index is 12.3. The first-order valence-electron chi connectivity index (χ1n) is 10.0. The molecule has 0 heterocycles. The van der Waals surface area contributed by atoms with Crippen LogP contribution in [0.1, 0.15) is 85.9 Å². The van der Waals surface area contributed by atoms with Crippen LogP contribution in [0.4, 0.5) is 0 Å². The summed E-state index contributed by atoms with van der Waals surface area (Å²) in [6.07, 6.45) is 9.10. The van der Waals surface area contributed by atoms with Gasteiger partial charge in [0.15, 0.2) is 11.6 Å². The van der Waals surface area contributed by atoms with Crippen molar-refractivity contribution in [1.82, 2.24) is 0 Å². The van der Waals surface area contributed by atoms with E-state index in [0.29, 0.717) is 23.5 Å². The van der Waals surface area contributed by atoms with E-state index >= 15 is 0 Å². The van der Waals surface area contributed by atoms with Crippen LogP contribution >= 0.6 is 0 Å². The summed E-state index contributed by atoms with van der Waals surface area (Å²) in [5, 5.41) is 0. The second-order valence-corrected chi connectivity index (χ2v) is 7.00. The highest BCUT2D eigenvalue weighted by Crippen LogP contribution is 2.23. The van der Waals surface area contributed by atoms with Crippen LogP contribution in [0.5, 0.6) is 11.5 Å². The Bertz CT molecular complexity index is 714. The molecule has 0 spiro atoms. The van der Waals surface area contributed by atoms with Crippen molar-refractivity contribution in [3.05, 3.63) is 59.7 Å². The van der Waals surface area contributed by atoms with Crippen LogP contribution in [0.3, 0.4) is 0 Å². The van der Waals surface area contributed by atoms with E-state index in [0.717, 1.165) is 18.4 Å². The molecular weight excluding hydrogens is 336 g/mol. The second-order valence-electron chi connectivity index (χ2n) is 7.00. The number of Topliss-reactive ketones (excluding diaryl/α,β-unsaturated/α-hetero) is 2. The highest BCUT2D eigenvalue weighted by Gasteiger charge is 2.07. The molecule has 0 amide bonds. The normalized spacial score (nSPS) is 10.6. The van der Waals surface area contributed by atoms with Gasteiger partial charge >= 0.3 is 0 Å². The Hall–Kier alpha value is -2.42. The molecule has 0 saturated carbocycles. The fraction of sp³-hybridized carbons (Fsp3) is 0.417. The molecule has 0 aromatic heterocycles. The van der Waals surface area contributed by atoms with Crippen LogP contribution in [0.15, 0.2) is 48.5 Å². The molecule has 0 unspecified atom stereocenters. The van der Waals surface area contributed by atoms with Crippen molar-refractivity contribution >= 4 is 11.6 Å². The Balaban J connectivity index is 1.76. The second kappa shape index (κ2) is 11.3. The quantitative estimate of drug-likeness (QED) is 0.300. The number of rotatable bonds is 12. The van der Waals surface area contributed by atoms with Gasteiger partial charge in [-0.2, -0.15) is 0 Å². The largest absolute Gasteiger partial charge is 0.457 e.